The zero-order valence-corrected chi connectivity index (χ0v) is 18.1. The summed E-state index contributed by atoms with van der Waals surface area (Å²) in [7, 11) is -2.68. The number of halogens is 3. The van der Waals surface area contributed by atoms with Gasteiger partial charge < -0.3 is 14.8 Å². The van der Waals surface area contributed by atoms with Crippen molar-refractivity contribution in [1.29, 1.82) is 0 Å². The maximum atomic E-state index is 12.7. The highest BCUT2D eigenvalue weighted by atomic mass is 32.2. The van der Waals surface area contributed by atoms with Crippen LogP contribution in [0.5, 0.6) is 11.5 Å². The Bertz CT molecular complexity index is 1050. The van der Waals surface area contributed by atoms with Crippen LogP contribution >= 0.6 is 0 Å². The first-order valence-corrected chi connectivity index (χ1v) is 10.6. The second-order valence-corrected chi connectivity index (χ2v) is 8.68. The zero-order valence-electron chi connectivity index (χ0n) is 17.3. The lowest BCUT2D eigenvalue weighted by molar-refractivity contribution is -0.153. The maximum Gasteiger partial charge on any atom is 0.422 e. The summed E-state index contributed by atoms with van der Waals surface area (Å²) in [6.07, 6.45) is -4.55. The highest BCUT2D eigenvalue weighted by Crippen LogP contribution is 2.30. The van der Waals surface area contributed by atoms with Crippen molar-refractivity contribution in [3.05, 3.63) is 47.5 Å². The van der Waals surface area contributed by atoms with E-state index >= 15 is 0 Å². The lowest BCUT2D eigenvalue weighted by atomic mass is 10.1. The zero-order chi connectivity index (χ0) is 23.4. The Morgan fingerprint density at radius 1 is 1.10 bits per heavy atom. The number of rotatable bonds is 8. The molecule has 0 saturated carbocycles. The molecule has 0 unspecified atom stereocenters. The van der Waals surface area contributed by atoms with Crippen LogP contribution in [0, 0.1) is 6.92 Å². The number of alkyl halides is 3. The highest BCUT2D eigenvalue weighted by molar-refractivity contribution is 7.89. The third-order valence-corrected chi connectivity index (χ3v) is 5.56. The summed E-state index contributed by atoms with van der Waals surface area (Å²) in [4.78, 5) is 12.5. The lowest BCUT2D eigenvalue weighted by Gasteiger charge is -2.16. The molecule has 0 aliphatic rings. The number of nitrogens with one attached hydrogen (secondary N) is 2. The average molecular weight is 460 g/mol. The van der Waals surface area contributed by atoms with Crippen molar-refractivity contribution in [2.24, 2.45) is 0 Å². The Morgan fingerprint density at radius 2 is 1.77 bits per heavy atom. The van der Waals surface area contributed by atoms with E-state index in [4.69, 9.17) is 9.47 Å². The molecule has 0 saturated heterocycles. The first-order chi connectivity index (χ1) is 14.3. The molecule has 2 rings (SSSR count). The third kappa shape index (κ3) is 6.86. The minimum Gasteiger partial charge on any atom is -0.495 e. The largest absolute Gasteiger partial charge is 0.495 e. The number of methoxy groups -OCH3 is 1. The average Bonchev–Trinajstić information content (AvgIpc) is 2.66. The quantitative estimate of drug-likeness (QED) is 0.624. The molecule has 2 aromatic rings. The Balaban J connectivity index is 2.36. The molecule has 0 aliphatic heterocycles. The van der Waals surface area contributed by atoms with Gasteiger partial charge in [0.15, 0.2) is 6.61 Å². The first-order valence-electron chi connectivity index (χ1n) is 9.14. The van der Waals surface area contributed by atoms with Gasteiger partial charge in [0.05, 0.1) is 12.8 Å². The van der Waals surface area contributed by atoms with Gasteiger partial charge in [-0.3, -0.25) is 4.79 Å². The highest BCUT2D eigenvalue weighted by Gasteiger charge is 2.29. The molecule has 0 spiro atoms. The standard InChI is InChI=1S/C20H23F3N2O5S/c1-12(2)25-31(27,28)18-10-14(6-8-16(18)29-4)19(26)24-15-7-5-13(3)9-17(15)30-11-20(21,22)23/h5-10,12,25H,11H2,1-4H3,(H,24,26). The van der Waals surface area contributed by atoms with Gasteiger partial charge in [-0.05, 0) is 56.7 Å². The van der Waals surface area contributed by atoms with Gasteiger partial charge in [0.25, 0.3) is 5.91 Å². The number of hydrogen-bond acceptors (Lipinski definition) is 5. The van der Waals surface area contributed by atoms with E-state index in [0.717, 1.165) is 6.07 Å². The topological polar surface area (TPSA) is 93.7 Å². The summed E-state index contributed by atoms with van der Waals surface area (Å²) < 4.78 is 75.1. The van der Waals surface area contributed by atoms with Gasteiger partial charge in [0, 0.05) is 11.6 Å². The van der Waals surface area contributed by atoms with E-state index in [2.05, 4.69) is 10.0 Å². The number of aryl methyl sites for hydroxylation is 1. The van der Waals surface area contributed by atoms with Crippen molar-refractivity contribution in [1.82, 2.24) is 4.72 Å². The Hall–Kier alpha value is -2.79. The van der Waals surface area contributed by atoms with Crippen molar-refractivity contribution in [3.63, 3.8) is 0 Å². The molecule has 1 amide bonds. The van der Waals surface area contributed by atoms with Crippen LogP contribution in [0.2, 0.25) is 0 Å². The fraction of sp³-hybridized carbons (Fsp3) is 0.350. The van der Waals surface area contributed by atoms with E-state index in [9.17, 15) is 26.4 Å². The third-order valence-electron chi connectivity index (χ3n) is 3.88. The molecule has 2 aromatic carbocycles. The fourth-order valence-corrected chi connectivity index (χ4v) is 4.05. The van der Waals surface area contributed by atoms with Crippen LogP contribution in [0.1, 0.15) is 29.8 Å². The Labute approximate surface area is 178 Å². The molecule has 0 fully saturated rings. The predicted octanol–water partition coefficient (Wildman–Crippen LogP) is 3.88. The van der Waals surface area contributed by atoms with Crippen LogP contribution in [0.3, 0.4) is 0 Å². The normalized spacial score (nSPS) is 12.0. The molecule has 11 heteroatoms. The summed E-state index contributed by atoms with van der Waals surface area (Å²) in [5.41, 5.74) is 0.611. The van der Waals surface area contributed by atoms with Crippen LogP contribution in [0.15, 0.2) is 41.3 Å². The van der Waals surface area contributed by atoms with Gasteiger partial charge in [0.2, 0.25) is 10.0 Å². The van der Waals surface area contributed by atoms with Crippen molar-refractivity contribution >= 4 is 21.6 Å². The van der Waals surface area contributed by atoms with Crippen LogP contribution < -0.4 is 19.5 Å². The predicted molar refractivity (Wildman–Crippen MR) is 109 cm³/mol. The van der Waals surface area contributed by atoms with E-state index in [1.165, 1.54) is 31.4 Å². The van der Waals surface area contributed by atoms with Crippen molar-refractivity contribution in [2.45, 2.75) is 37.9 Å². The van der Waals surface area contributed by atoms with Gasteiger partial charge in [-0.15, -0.1) is 0 Å². The Kier molecular flexibility index (Phi) is 7.55. The van der Waals surface area contributed by atoms with Gasteiger partial charge in [0.1, 0.15) is 16.4 Å². The molecule has 0 heterocycles. The molecule has 7 nitrogen and oxygen atoms in total. The van der Waals surface area contributed by atoms with E-state index in [-0.39, 0.29) is 27.6 Å². The van der Waals surface area contributed by atoms with Gasteiger partial charge in [-0.2, -0.15) is 13.2 Å². The Morgan fingerprint density at radius 3 is 2.35 bits per heavy atom. The molecule has 0 aromatic heterocycles. The molecule has 2 N–H and O–H groups in total. The van der Waals surface area contributed by atoms with Crippen LogP contribution in [-0.4, -0.2) is 40.3 Å². The molecular weight excluding hydrogens is 437 g/mol. The van der Waals surface area contributed by atoms with Gasteiger partial charge in [-0.1, -0.05) is 6.07 Å². The van der Waals surface area contributed by atoms with Gasteiger partial charge >= 0.3 is 6.18 Å². The molecule has 31 heavy (non-hydrogen) atoms. The number of ether oxygens (including phenoxy) is 2. The van der Waals surface area contributed by atoms with Gasteiger partial charge in [-0.25, -0.2) is 13.1 Å². The fourth-order valence-electron chi connectivity index (χ4n) is 2.61. The minimum absolute atomic E-state index is 0.0142. The first kappa shape index (κ1) is 24.5. The second kappa shape index (κ2) is 9.56. The molecular formula is C20H23F3N2O5S. The van der Waals surface area contributed by atoms with Crippen molar-refractivity contribution in [2.75, 3.05) is 19.0 Å². The summed E-state index contributed by atoms with van der Waals surface area (Å²) in [6, 6.07) is 7.74. The smallest absolute Gasteiger partial charge is 0.422 e. The maximum absolute atomic E-state index is 12.7. The van der Waals surface area contributed by atoms with Crippen LogP contribution in [0.4, 0.5) is 18.9 Å². The number of carbonyl (C=O) groups excluding carboxylic acids is 1. The molecule has 0 aliphatic carbocycles. The lowest BCUT2D eigenvalue weighted by Crippen LogP contribution is -2.30. The molecule has 0 atom stereocenters. The summed E-state index contributed by atoms with van der Waals surface area (Å²) in [6.45, 7) is 3.42. The van der Waals surface area contributed by atoms with Crippen LogP contribution in [-0.2, 0) is 10.0 Å². The van der Waals surface area contributed by atoms with Crippen molar-refractivity contribution < 1.29 is 35.9 Å². The van der Waals surface area contributed by atoms with E-state index < -0.39 is 34.8 Å². The number of amides is 1. The van der Waals surface area contributed by atoms with Crippen molar-refractivity contribution in [3.8, 4) is 11.5 Å². The number of sulfonamides is 1. The number of anilines is 1. The summed E-state index contributed by atoms with van der Waals surface area (Å²) >= 11 is 0. The minimum atomic E-state index is -4.55. The summed E-state index contributed by atoms with van der Waals surface area (Å²) in [5.74, 6) is -0.855. The van der Waals surface area contributed by atoms with Crippen LogP contribution in [0.25, 0.3) is 0 Å². The second-order valence-electron chi connectivity index (χ2n) is 7.00. The number of benzene rings is 2. The summed E-state index contributed by atoms with van der Waals surface area (Å²) in [5, 5.41) is 2.46. The monoisotopic (exact) mass is 460 g/mol. The van der Waals surface area contributed by atoms with E-state index in [0.29, 0.717) is 5.56 Å². The SMILES string of the molecule is COc1ccc(C(=O)Nc2ccc(C)cc2OCC(F)(F)F)cc1S(=O)(=O)NC(C)C. The van der Waals surface area contributed by atoms with E-state index in [1.54, 1.807) is 26.8 Å². The number of hydrogen-bond donors (Lipinski definition) is 2. The molecule has 170 valence electrons. The van der Waals surface area contributed by atoms with E-state index in [1.807, 2.05) is 0 Å². The molecule has 0 radical (unpaired) electrons. The number of carbonyl (C=O) groups is 1. The molecule has 0 bridgehead atoms.